The minimum absolute atomic E-state index is 0.125. The number of fused-ring (bicyclic) bond motifs is 1. The fourth-order valence-electron chi connectivity index (χ4n) is 3.03. The van der Waals surface area contributed by atoms with Gasteiger partial charge in [-0.05, 0) is 19.4 Å². The van der Waals surface area contributed by atoms with Gasteiger partial charge in [0.15, 0.2) is 17.2 Å². The van der Waals surface area contributed by atoms with E-state index in [1.165, 1.54) is 18.8 Å². The van der Waals surface area contributed by atoms with Crippen molar-refractivity contribution in [2.24, 2.45) is 7.05 Å². The van der Waals surface area contributed by atoms with E-state index in [0.717, 1.165) is 19.4 Å². The number of carbonyl (C=O) groups excluding carboxylic acids is 1. The first kappa shape index (κ1) is 17.2. The van der Waals surface area contributed by atoms with Gasteiger partial charge in [-0.25, -0.2) is 4.98 Å². The van der Waals surface area contributed by atoms with Crippen molar-refractivity contribution in [2.75, 3.05) is 27.3 Å². The summed E-state index contributed by atoms with van der Waals surface area (Å²) < 4.78 is 11.9. The first-order valence-electron chi connectivity index (χ1n) is 8.19. The second kappa shape index (κ2) is 7.10. The Bertz CT molecular complexity index is 856. The third-order valence-electron chi connectivity index (χ3n) is 4.47. The number of nitrogens with one attached hydrogen (secondary N) is 2. The molecule has 0 spiro atoms. The number of aryl methyl sites for hydroxylation is 1. The van der Waals surface area contributed by atoms with Crippen molar-refractivity contribution >= 4 is 16.9 Å². The van der Waals surface area contributed by atoms with E-state index in [9.17, 15) is 9.59 Å². The molecule has 2 heterocycles. The van der Waals surface area contributed by atoms with E-state index in [1.807, 2.05) is 0 Å². The molecule has 1 aromatic heterocycles. The van der Waals surface area contributed by atoms with Gasteiger partial charge in [-0.1, -0.05) is 0 Å². The average molecular weight is 346 g/mol. The van der Waals surface area contributed by atoms with Crippen LogP contribution in [0.1, 0.15) is 23.3 Å². The van der Waals surface area contributed by atoms with Crippen LogP contribution >= 0.6 is 0 Å². The maximum atomic E-state index is 12.5. The maximum Gasteiger partial charge on any atom is 0.282 e. The Balaban J connectivity index is 1.96. The lowest BCUT2D eigenvalue weighted by Gasteiger charge is -2.13. The SMILES string of the molecule is COc1cc2nc(C(=O)NC[C@H]3CCCN3)c(=O)n(C)c2cc1OC. The topological polar surface area (TPSA) is 94.5 Å². The number of hydrogen-bond acceptors (Lipinski definition) is 6. The number of hydrogen-bond donors (Lipinski definition) is 2. The standard InChI is InChI=1S/C17H22N4O4/c1-21-12-8-14(25-3)13(24-2)7-11(12)20-15(17(21)23)16(22)19-9-10-5-4-6-18-10/h7-8,10,18H,4-6,9H2,1-3H3,(H,19,22)/t10-/m1/s1. The zero-order chi connectivity index (χ0) is 18.0. The average Bonchev–Trinajstić information content (AvgIpc) is 3.15. The van der Waals surface area contributed by atoms with E-state index in [-0.39, 0.29) is 11.7 Å². The highest BCUT2D eigenvalue weighted by Gasteiger charge is 2.20. The summed E-state index contributed by atoms with van der Waals surface area (Å²) in [7, 11) is 4.65. The zero-order valence-electron chi connectivity index (χ0n) is 14.6. The predicted octanol–water partition coefficient (Wildman–Crippen LogP) is 0.432. The number of rotatable bonds is 5. The molecule has 1 saturated heterocycles. The summed E-state index contributed by atoms with van der Waals surface area (Å²) in [5.41, 5.74) is 0.484. The van der Waals surface area contributed by atoms with Crippen LogP contribution in [-0.4, -0.2) is 48.8 Å². The maximum absolute atomic E-state index is 12.5. The molecule has 134 valence electrons. The normalized spacial score (nSPS) is 16.8. The van der Waals surface area contributed by atoms with Crippen LogP contribution in [0.3, 0.4) is 0 Å². The lowest BCUT2D eigenvalue weighted by molar-refractivity contribution is 0.0943. The summed E-state index contributed by atoms with van der Waals surface area (Å²) in [6, 6.07) is 3.58. The third-order valence-corrected chi connectivity index (χ3v) is 4.47. The minimum Gasteiger partial charge on any atom is -0.493 e. The molecule has 0 aliphatic carbocycles. The Morgan fingerprint density at radius 3 is 2.72 bits per heavy atom. The molecule has 0 unspecified atom stereocenters. The van der Waals surface area contributed by atoms with Gasteiger partial charge in [0.05, 0.1) is 25.3 Å². The van der Waals surface area contributed by atoms with Crippen LogP contribution in [0, 0.1) is 0 Å². The van der Waals surface area contributed by atoms with Gasteiger partial charge >= 0.3 is 0 Å². The van der Waals surface area contributed by atoms with Crippen molar-refractivity contribution in [3.8, 4) is 11.5 Å². The summed E-state index contributed by atoms with van der Waals surface area (Å²) >= 11 is 0. The van der Waals surface area contributed by atoms with Crippen LogP contribution in [0.2, 0.25) is 0 Å². The Kier molecular flexibility index (Phi) is 4.89. The summed E-state index contributed by atoms with van der Waals surface area (Å²) in [5, 5.41) is 6.09. The van der Waals surface area contributed by atoms with E-state index in [4.69, 9.17) is 9.47 Å². The van der Waals surface area contributed by atoms with Gasteiger partial charge < -0.3 is 24.7 Å². The van der Waals surface area contributed by atoms with E-state index >= 15 is 0 Å². The van der Waals surface area contributed by atoms with E-state index < -0.39 is 11.5 Å². The quantitative estimate of drug-likeness (QED) is 0.815. The molecule has 1 aliphatic rings. The molecule has 2 aromatic rings. The first-order valence-corrected chi connectivity index (χ1v) is 8.19. The largest absolute Gasteiger partial charge is 0.493 e. The highest BCUT2D eigenvalue weighted by Crippen LogP contribution is 2.30. The predicted molar refractivity (Wildman–Crippen MR) is 93.4 cm³/mol. The molecule has 1 fully saturated rings. The molecule has 1 aliphatic heterocycles. The molecule has 25 heavy (non-hydrogen) atoms. The Hall–Kier alpha value is -2.61. The number of benzene rings is 1. The first-order chi connectivity index (χ1) is 12.0. The zero-order valence-corrected chi connectivity index (χ0v) is 14.6. The molecular formula is C17H22N4O4. The number of methoxy groups -OCH3 is 2. The van der Waals surface area contributed by atoms with Gasteiger partial charge in [0.1, 0.15) is 0 Å². The summed E-state index contributed by atoms with van der Waals surface area (Å²) in [5.74, 6) is 0.518. The molecule has 0 bridgehead atoms. The summed E-state index contributed by atoms with van der Waals surface area (Å²) in [6.07, 6.45) is 2.11. The second-order valence-electron chi connectivity index (χ2n) is 6.02. The van der Waals surface area contributed by atoms with Crippen molar-refractivity contribution in [1.82, 2.24) is 20.2 Å². The third kappa shape index (κ3) is 3.30. The molecule has 0 saturated carbocycles. The van der Waals surface area contributed by atoms with Crippen molar-refractivity contribution in [2.45, 2.75) is 18.9 Å². The molecule has 8 nitrogen and oxygen atoms in total. The van der Waals surface area contributed by atoms with Crippen molar-refractivity contribution < 1.29 is 14.3 Å². The van der Waals surface area contributed by atoms with Crippen molar-refractivity contribution in [1.29, 1.82) is 0 Å². The van der Waals surface area contributed by atoms with Crippen LogP contribution < -0.4 is 25.7 Å². The fourth-order valence-corrected chi connectivity index (χ4v) is 3.03. The number of amides is 1. The molecule has 1 aromatic carbocycles. The molecule has 3 rings (SSSR count). The number of nitrogens with zero attached hydrogens (tertiary/aromatic N) is 2. The second-order valence-corrected chi connectivity index (χ2v) is 6.02. The highest BCUT2D eigenvalue weighted by atomic mass is 16.5. The lowest BCUT2D eigenvalue weighted by Crippen LogP contribution is -2.40. The van der Waals surface area contributed by atoms with Gasteiger partial charge in [-0.2, -0.15) is 0 Å². The van der Waals surface area contributed by atoms with Crippen LogP contribution in [0.5, 0.6) is 11.5 Å². The molecular weight excluding hydrogens is 324 g/mol. The van der Waals surface area contributed by atoms with Gasteiger partial charge in [-0.15, -0.1) is 0 Å². The van der Waals surface area contributed by atoms with Crippen LogP contribution in [0.25, 0.3) is 11.0 Å². The number of ether oxygens (including phenoxy) is 2. The Morgan fingerprint density at radius 1 is 1.36 bits per heavy atom. The van der Waals surface area contributed by atoms with Crippen LogP contribution in [0.4, 0.5) is 0 Å². The van der Waals surface area contributed by atoms with Crippen LogP contribution in [-0.2, 0) is 7.05 Å². The minimum atomic E-state index is -0.467. The Labute approximate surface area is 145 Å². The number of aromatic nitrogens is 2. The van der Waals surface area contributed by atoms with E-state index in [2.05, 4.69) is 15.6 Å². The lowest BCUT2D eigenvalue weighted by atomic mass is 10.2. The molecule has 2 N–H and O–H groups in total. The molecule has 8 heteroatoms. The Morgan fingerprint density at radius 2 is 2.08 bits per heavy atom. The fraction of sp³-hybridized carbons (Fsp3) is 0.471. The van der Waals surface area contributed by atoms with Gasteiger partial charge in [0.25, 0.3) is 11.5 Å². The van der Waals surface area contributed by atoms with Gasteiger partial charge in [-0.3, -0.25) is 9.59 Å². The van der Waals surface area contributed by atoms with Crippen molar-refractivity contribution in [3.63, 3.8) is 0 Å². The van der Waals surface area contributed by atoms with Crippen LogP contribution in [0.15, 0.2) is 16.9 Å². The summed E-state index contributed by atoms with van der Waals surface area (Å²) in [4.78, 5) is 29.2. The van der Waals surface area contributed by atoms with E-state index in [1.54, 1.807) is 19.2 Å². The van der Waals surface area contributed by atoms with E-state index in [0.29, 0.717) is 29.1 Å². The molecule has 1 atom stereocenters. The summed E-state index contributed by atoms with van der Waals surface area (Å²) in [6.45, 7) is 1.44. The van der Waals surface area contributed by atoms with Gasteiger partial charge in [0.2, 0.25) is 0 Å². The van der Waals surface area contributed by atoms with Gasteiger partial charge in [0, 0.05) is 31.8 Å². The highest BCUT2D eigenvalue weighted by molar-refractivity contribution is 5.94. The molecule has 0 radical (unpaired) electrons. The monoisotopic (exact) mass is 346 g/mol. The smallest absolute Gasteiger partial charge is 0.282 e. The molecule has 1 amide bonds. The van der Waals surface area contributed by atoms with Crippen molar-refractivity contribution in [3.05, 3.63) is 28.2 Å². The number of carbonyl (C=O) groups is 1.